The summed E-state index contributed by atoms with van der Waals surface area (Å²) in [5.41, 5.74) is 3.31. The van der Waals surface area contributed by atoms with Crippen LogP contribution >= 0.6 is 0 Å². The van der Waals surface area contributed by atoms with E-state index in [1.807, 2.05) is 39.0 Å². The molecular formula is C17H24N2O2. The molecule has 0 saturated carbocycles. The first kappa shape index (κ1) is 15.5. The summed E-state index contributed by atoms with van der Waals surface area (Å²) in [4.78, 5) is 26.0. The van der Waals surface area contributed by atoms with Crippen molar-refractivity contribution in [2.24, 2.45) is 5.92 Å². The van der Waals surface area contributed by atoms with Crippen LogP contribution < -0.4 is 10.2 Å². The van der Waals surface area contributed by atoms with Crippen molar-refractivity contribution in [2.75, 3.05) is 11.4 Å². The van der Waals surface area contributed by atoms with Crippen LogP contribution in [0.25, 0.3) is 0 Å². The van der Waals surface area contributed by atoms with Crippen molar-refractivity contribution in [1.29, 1.82) is 0 Å². The van der Waals surface area contributed by atoms with Crippen molar-refractivity contribution in [3.63, 3.8) is 0 Å². The van der Waals surface area contributed by atoms with Gasteiger partial charge in [0.25, 0.3) is 0 Å². The molecule has 0 spiro atoms. The Morgan fingerprint density at radius 2 is 2.05 bits per heavy atom. The lowest BCUT2D eigenvalue weighted by Gasteiger charge is -2.18. The van der Waals surface area contributed by atoms with E-state index in [4.69, 9.17) is 0 Å². The second-order valence-corrected chi connectivity index (χ2v) is 6.27. The van der Waals surface area contributed by atoms with E-state index in [-0.39, 0.29) is 17.9 Å². The van der Waals surface area contributed by atoms with Gasteiger partial charge in [0.2, 0.25) is 11.8 Å². The summed E-state index contributed by atoms with van der Waals surface area (Å²) in [5.74, 6) is 0.262. The molecule has 1 heterocycles. The van der Waals surface area contributed by atoms with Crippen LogP contribution in [0.5, 0.6) is 0 Å². The van der Waals surface area contributed by atoms with E-state index in [1.54, 1.807) is 4.90 Å². The first-order chi connectivity index (χ1) is 9.88. The normalized spacial score (nSPS) is 18.4. The molecule has 1 saturated heterocycles. The zero-order valence-electron chi connectivity index (χ0n) is 13.3. The van der Waals surface area contributed by atoms with Gasteiger partial charge in [-0.05, 0) is 49.4 Å². The molecule has 0 aliphatic carbocycles. The number of nitrogens with one attached hydrogen (secondary N) is 1. The third-order valence-corrected chi connectivity index (χ3v) is 3.94. The summed E-state index contributed by atoms with van der Waals surface area (Å²) in [7, 11) is 0. The fourth-order valence-corrected chi connectivity index (χ4v) is 2.59. The van der Waals surface area contributed by atoms with Crippen LogP contribution in [0.4, 0.5) is 5.69 Å². The highest BCUT2D eigenvalue weighted by Crippen LogP contribution is 2.24. The second-order valence-electron chi connectivity index (χ2n) is 6.27. The molecule has 1 aliphatic heterocycles. The topological polar surface area (TPSA) is 49.4 Å². The molecule has 1 fully saturated rings. The molecule has 114 valence electrons. The van der Waals surface area contributed by atoms with Gasteiger partial charge in [-0.3, -0.25) is 9.59 Å². The quantitative estimate of drug-likeness (QED) is 0.925. The molecule has 1 unspecified atom stereocenters. The Morgan fingerprint density at radius 3 is 2.67 bits per heavy atom. The summed E-state index contributed by atoms with van der Waals surface area (Å²) in [5, 5.41) is 2.86. The highest BCUT2D eigenvalue weighted by Gasteiger charge is 2.33. The van der Waals surface area contributed by atoms with Crippen molar-refractivity contribution in [2.45, 2.75) is 46.6 Å². The molecule has 1 atom stereocenters. The van der Waals surface area contributed by atoms with Crippen LogP contribution in [0.1, 0.15) is 37.8 Å². The van der Waals surface area contributed by atoms with Gasteiger partial charge < -0.3 is 10.2 Å². The van der Waals surface area contributed by atoms with E-state index in [0.29, 0.717) is 25.3 Å². The number of rotatable bonds is 4. The van der Waals surface area contributed by atoms with Crippen LogP contribution in [-0.2, 0) is 9.59 Å². The van der Waals surface area contributed by atoms with Crippen molar-refractivity contribution in [1.82, 2.24) is 5.32 Å². The van der Waals surface area contributed by atoms with Gasteiger partial charge in [-0.15, -0.1) is 0 Å². The summed E-state index contributed by atoms with van der Waals surface area (Å²) in [6.45, 7) is 8.75. The van der Waals surface area contributed by atoms with Crippen LogP contribution in [0.3, 0.4) is 0 Å². The van der Waals surface area contributed by atoms with E-state index >= 15 is 0 Å². The predicted molar refractivity (Wildman–Crippen MR) is 84.3 cm³/mol. The number of nitrogens with zero attached hydrogens (tertiary/aromatic N) is 1. The first-order valence-corrected chi connectivity index (χ1v) is 7.56. The summed E-state index contributed by atoms with van der Waals surface area (Å²) < 4.78 is 0. The molecule has 4 nitrogen and oxygen atoms in total. The Kier molecular flexibility index (Phi) is 4.66. The fraction of sp³-hybridized carbons (Fsp3) is 0.529. The van der Waals surface area contributed by atoms with Gasteiger partial charge in [0, 0.05) is 18.7 Å². The molecule has 1 aromatic carbocycles. The average molecular weight is 288 g/mol. The number of benzene rings is 1. The lowest BCUT2D eigenvalue weighted by Crippen LogP contribution is -2.41. The largest absolute Gasteiger partial charge is 0.344 e. The maximum Gasteiger partial charge on any atom is 0.249 e. The predicted octanol–water partition coefficient (Wildman–Crippen LogP) is 2.57. The maximum atomic E-state index is 12.4. The Bertz CT molecular complexity index is 552. The lowest BCUT2D eigenvalue weighted by molar-refractivity contribution is -0.126. The van der Waals surface area contributed by atoms with E-state index in [0.717, 1.165) is 5.69 Å². The zero-order chi connectivity index (χ0) is 15.6. The van der Waals surface area contributed by atoms with Crippen molar-refractivity contribution in [3.05, 3.63) is 29.3 Å². The number of hydrogen-bond donors (Lipinski definition) is 1. The Hall–Kier alpha value is -1.84. The maximum absolute atomic E-state index is 12.4. The van der Waals surface area contributed by atoms with Crippen LogP contribution in [-0.4, -0.2) is 24.4 Å². The van der Waals surface area contributed by atoms with Crippen molar-refractivity contribution >= 4 is 17.5 Å². The molecule has 0 bridgehead atoms. The number of carbonyl (C=O) groups excluding carboxylic acids is 2. The van der Waals surface area contributed by atoms with Gasteiger partial charge in [0.15, 0.2) is 0 Å². The highest BCUT2D eigenvalue weighted by molar-refractivity contribution is 6.01. The molecule has 1 aliphatic rings. The number of hydrogen-bond acceptors (Lipinski definition) is 2. The smallest absolute Gasteiger partial charge is 0.249 e. The van der Waals surface area contributed by atoms with Gasteiger partial charge in [-0.25, -0.2) is 0 Å². The minimum absolute atomic E-state index is 0.00430. The molecule has 4 heteroatoms. The van der Waals surface area contributed by atoms with Gasteiger partial charge in [0.05, 0.1) is 0 Å². The van der Waals surface area contributed by atoms with E-state index < -0.39 is 0 Å². The Labute approximate surface area is 126 Å². The van der Waals surface area contributed by atoms with E-state index in [1.165, 1.54) is 11.1 Å². The van der Waals surface area contributed by atoms with Crippen molar-refractivity contribution in [3.8, 4) is 0 Å². The second kappa shape index (κ2) is 6.29. The molecule has 0 radical (unpaired) electrons. The van der Waals surface area contributed by atoms with Gasteiger partial charge in [-0.2, -0.15) is 0 Å². The third-order valence-electron chi connectivity index (χ3n) is 3.94. The molecule has 0 aromatic heterocycles. The van der Waals surface area contributed by atoms with E-state index in [2.05, 4.69) is 12.2 Å². The average Bonchev–Trinajstić information content (AvgIpc) is 2.74. The highest BCUT2D eigenvalue weighted by atomic mass is 16.2. The van der Waals surface area contributed by atoms with Crippen LogP contribution in [0, 0.1) is 19.8 Å². The molecule has 1 N–H and O–H groups in total. The van der Waals surface area contributed by atoms with Gasteiger partial charge in [-0.1, -0.05) is 19.9 Å². The Morgan fingerprint density at radius 1 is 1.33 bits per heavy atom. The number of carbonyl (C=O) groups is 2. The monoisotopic (exact) mass is 288 g/mol. The van der Waals surface area contributed by atoms with E-state index in [9.17, 15) is 9.59 Å². The SMILES string of the molecule is Cc1ccc(N2CCC(NC(=O)CC(C)C)C2=O)cc1C. The molecule has 2 amide bonds. The van der Waals surface area contributed by atoms with Gasteiger partial charge in [0.1, 0.15) is 6.04 Å². The fourth-order valence-electron chi connectivity index (χ4n) is 2.59. The first-order valence-electron chi connectivity index (χ1n) is 7.56. The summed E-state index contributed by atoms with van der Waals surface area (Å²) >= 11 is 0. The standard InChI is InChI=1S/C17H24N2O2/c1-11(2)9-16(20)18-15-7-8-19(17(15)21)14-6-5-12(3)13(4)10-14/h5-6,10-11,15H,7-9H2,1-4H3,(H,18,20). The number of aryl methyl sites for hydroxylation is 2. The van der Waals surface area contributed by atoms with Crippen molar-refractivity contribution < 1.29 is 9.59 Å². The lowest BCUT2D eigenvalue weighted by atomic mass is 10.1. The Balaban J connectivity index is 2.04. The minimum atomic E-state index is -0.377. The molecule has 2 rings (SSSR count). The number of anilines is 1. The molecule has 21 heavy (non-hydrogen) atoms. The van der Waals surface area contributed by atoms with Crippen LogP contribution in [0.2, 0.25) is 0 Å². The summed E-state index contributed by atoms with van der Waals surface area (Å²) in [6, 6.07) is 5.66. The minimum Gasteiger partial charge on any atom is -0.344 e. The van der Waals surface area contributed by atoms with Crippen LogP contribution in [0.15, 0.2) is 18.2 Å². The molecular weight excluding hydrogens is 264 g/mol. The number of amides is 2. The summed E-state index contributed by atoms with van der Waals surface area (Å²) in [6.07, 6.45) is 1.14. The molecule has 1 aromatic rings. The third kappa shape index (κ3) is 3.63. The zero-order valence-corrected chi connectivity index (χ0v) is 13.3. The van der Waals surface area contributed by atoms with Gasteiger partial charge >= 0.3 is 0 Å².